The number of nitrogens with zero attached hydrogens (tertiary/aromatic N) is 1. The molecule has 2 saturated heterocycles. The summed E-state index contributed by atoms with van der Waals surface area (Å²) in [6.45, 7) is 8.58. The zero-order valence-corrected chi connectivity index (χ0v) is 9.74. The van der Waals surface area contributed by atoms with E-state index in [4.69, 9.17) is 15.2 Å². The molecule has 2 aliphatic rings. The van der Waals surface area contributed by atoms with Gasteiger partial charge in [-0.05, 0) is 20.3 Å². The first kappa shape index (κ1) is 11.3. The first-order valence-electron chi connectivity index (χ1n) is 5.80. The number of nitrogens with two attached hydrogens (primary N) is 1. The highest BCUT2D eigenvalue weighted by Crippen LogP contribution is 2.21. The lowest BCUT2D eigenvalue weighted by molar-refractivity contribution is -0.114. The highest BCUT2D eigenvalue weighted by molar-refractivity contribution is 4.90. The van der Waals surface area contributed by atoms with Crippen LogP contribution in [0.25, 0.3) is 0 Å². The number of rotatable bonds is 1. The predicted octanol–water partition coefficient (Wildman–Crippen LogP) is 0.213. The Morgan fingerprint density at radius 3 is 2.80 bits per heavy atom. The normalized spacial score (nSPS) is 37.8. The number of ether oxygens (including phenoxy) is 2. The van der Waals surface area contributed by atoms with Crippen LogP contribution in [0.2, 0.25) is 0 Å². The van der Waals surface area contributed by atoms with E-state index in [1.54, 1.807) is 0 Å². The largest absolute Gasteiger partial charge is 0.380 e. The van der Waals surface area contributed by atoms with Crippen LogP contribution in [0.1, 0.15) is 20.3 Å². The Balaban J connectivity index is 1.96. The highest BCUT2D eigenvalue weighted by Gasteiger charge is 2.35. The van der Waals surface area contributed by atoms with Gasteiger partial charge < -0.3 is 15.2 Å². The van der Waals surface area contributed by atoms with Crippen molar-refractivity contribution >= 4 is 0 Å². The van der Waals surface area contributed by atoms with E-state index in [9.17, 15) is 0 Å². The maximum absolute atomic E-state index is 6.14. The third kappa shape index (κ3) is 2.69. The number of hydrogen-bond acceptors (Lipinski definition) is 4. The summed E-state index contributed by atoms with van der Waals surface area (Å²) >= 11 is 0. The Kier molecular flexibility index (Phi) is 3.30. The van der Waals surface area contributed by atoms with Crippen molar-refractivity contribution in [2.24, 2.45) is 5.73 Å². The fraction of sp³-hybridized carbons (Fsp3) is 1.00. The van der Waals surface area contributed by atoms with Crippen LogP contribution < -0.4 is 5.73 Å². The predicted molar refractivity (Wildman–Crippen MR) is 58.8 cm³/mol. The van der Waals surface area contributed by atoms with Crippen LogP contribution in [-0.4, -0.2) is 55.5 Å². The lowest BCUT2D eigenvalue weighted by Gasteiger charge is -2.45. The molecule has 2 heterocycles. The molecular weight excluding hydrogens is 192 g/mol. The lowest BCUT2D eigenvalue weighted by Crippen LogP contribution is -2.60. The summed E-state index contributed by atoms with van der Waals surface area (Å²) in [6, 6.07) is 0.634. The summed E-state index contributed by atoms with van der Waals surface area (Å²) in [5, 5.41) is 0. The van der Waals surface area contributed by atoms with Crippen molar-refractivity contribution in [3.05, 3.63) is 0 Å². The molecule has 2 N–H and O–H groups in total. The maximum Gasteiger partial charge on any atom is 0.0753 e. The molecular formula is C11H22N2O2. The van der Waals surface area contributed by atoms with Gasteiger partial charge in [0.1, 0.15) is 0 Å². The SMILES string of the molecule is CC1(C)CN(C2COCCC2N)CCO1. The van der Waals surface area contributed by atoms with Gasteiger partial charge >= 0.3 is 0 Å². The van der Waals surface area contributed by atoms with Gasteiger partial charge in [-0.15, -0.1) is 0 Å². The van der Waals surface area contributed by atoms with Crippen molar-refractivity contribution in [3.8, 4) is 0 Å². The van der Waals surface area contributed by atoms with Crippen LogP contribution >= 0.6 is 0 Å². The van der Waals surface area contributed by atoms with Gasteiger partial charge in [0, 0.05) is 31.8 Å². The van der Waals surface area contributed by atoms with Crippen LogP contribution in [0.3, 0.4) is 0 Å². The Morgan fingerprint density at radius 2 is 2.13 bits per heavy atom. The zero-order chi connectivity index (χ0) is 10.9. The molecule has 0 saturated carbocycles. The minimum absolute atomic E-state index is 0.0462. The summed E-state index contributed by atoms with van der Waals surface area (Å²) in [6.07, 6.45) is 0.975. The second-order valence-electron chi connectivity index (χ2n) is 5.17. The Morgan fingerprint density at radius 1 is 1.33 bits per heavy atom. The summed E-state index contributed by atoms with van der Waals surface area (Å²) < 4.78 is 11.2. The molecule has 2 fully saturated rings. The van der Waals surface area contributed by atoms with E-state index in [2.05, 4.69) is 18.7 Å². The fourth-order valence-corrected chi connectivity index (χ4v) is 2.45. The van der Waals surface area contributed by atoms with E-state index in [1.165, 1.54) is 0 Å². The van der Waals surface area contributed by atoms with E-state index in [-0.39, 0.29) is 11.6 Å². The van der Waals surface area contributed by atoms with Gasteiger partial charge in [0.15, 0.2) is 0 Å². The van der Waals surface area contributed by atoms with Crippen molar-refractivity contribution in [1.82, 2.24) is 4.90 Å². The summed E-state index contributed by atoms with van der Waals surface area (Å²) in [7, 11) is 0. The van der Waals surface area contributed by atoms with Crippen molar-refractivity contribution < 1.29 is 9.47 Å². The molecule has 2 rings (SSSR count). The first-order chi connectivity index (χ1) is 7.08. The van der Waals surface area contributed by atoms with Crippen molar-refractivity contribution in [2.45, 2.75) is 38.0 Å². The first-order valence-corrected chi connectivity index (χ1v) is 5.80. The van der Waals surface area contributed by atoms with E-state index in [1.807, 2.05) is 0 Å². The van der Waals surface area contributed by atoms with E-state index in [0.717, 1.165) is 39.3 Å². The second-order valence-corrected chi connectivity index (χ2v) is 5.17. The Bertz CT molecular complexity index is 221. The van der Waals surface area contributed by atoms with Gasteiger partial charge in [0.05, 0.1) is 18.8 Å². The molecule has 0 aromatic rings. The molecule has 0 aromatic heterocycles. The molecule has 0 bridgehead atoms. The molecule has 0 spiro atoms. The van der Waals surface area contributed by atoms with Crippen molar-refractivity contribution in [3.63, 3.8) is 0 Å². The average molecular weight is 214 g/mol. The highest BCUT2D eigenvalue weighted by atomic mass is 16.5. The second kappa shape index (κ2) is 4.37. The minimum Gasteiger partial charge on any atom is -0.380 e. The molecule has 2 atom stereocenters. The van der Waals surface area contributed by atoms with Gasteiger partial charge in [-0.3, -0.25) is 4.90 Å². The third-order valence-electron chi connectivity index (χ3n) is 3.30. The van der Waals surface area contributed by atoms with E-state index in [0.29, 0.717) is 6.04 Å². The van der Waals surface area contributed by atoms with Gasteiger partial charge in [0.2, 0.25) is 0 Å². The molecule has 0 aromatic carbocycles. The molecule has 0 amide bonds. The maximum atomic E-state index is 6.14. The average Bonchev–Trinajstić information content (AvgIpc) is 2.17. The van der Waals surface area contributed by atoms with Crippen LogP contribution in [0, 0.1) is 0 Å². The molecule has 88 valence electrons. The van der Waals surface area contributed by atoms with Crippen molar-refractivity contribution in [2.75, 3.05) is 32.9 Å². The van der Waals surface area contributed by atoms with Crippen molar-refractivity contribution in [1.29, 1.82) is 0 Å². The monoisotopic (exact) mass is 214 g/mol. The third-order valence-corrected chi connectivity index (χ3v) is 3.30. The summed E-state index contributed by atoms with van der Waals surface area (Å²) in [4.78, 5) is 2.42. The molecule has 2 unspecified atom stereocenters. The smallest absolute Gasteiger partial charge is 0.0753 e. The lowest BCUT2D eigenvalue weighted by atomic mass is 9.99. The van der Waals surface area contributed by atoms with E-state index < -0.39 is 0 Å². The van der Waals surface area contributed by atoms with E-state index >= 15 is 0 Å². The van der Waals surface area contributed by atoms with Gasteiger partial charge in [0.25, 0.3) is 0 Å². The number of morpholine rings is 1. The quantitative estimate of drug-likeness (QED) is 0.678. The number of hydrogen-bond donors (Lipinski definition) is 1. The standard InChI is InChI=1S/C11H22N2O2/c1-11(2)8-13(4-6-15-11)10-7-14-5-3-9(10)12/h9-10H,3-8,12H2,1-2H3. The zero-order valence-electron chi connectivity index (χ0n) is 9.74. The topological polar surface area (TPSA) is 47.7 Å². The molecule has 4 heteroatoms. The molecule has 2 aliphatic heterocycles. The molecule has 0 aliphatic carbocycles. The van der Waals surface area contributed by atoms with Crippen LogP contribution in [0.15, 0.2) is 0 Å². The fourth-order valence-electron chi connectivity index (χ4n) is 2.45. The van der Waals surface area contributed by atoms with Crippen LogP contribution in [0.5, 0.6) is 0 Å². The molecule has 4 nitrogen and oxygen atoms in total. The molecule has 15 heavy (non-hydrogen) atoms. The summed E-state index contributed by atoms with van der Waals surface area (Å²) in [5.74, 6) is 0. The van der Waals surface area contributed by atoms with Gasteiger partial charge in [-0.25, -0.2) is 0 Å². The van der Waals surface area contributed by atoms with Gasteiger partial charge in [-0.2, -0.15) is 0 Å². The van der Waals surface area contributed by atoms with Gasteiger partial charge in [-0.1, -0.05) is 0 Å². The Labute approximate surface area is 91.7 Å². The minimum atomic E-state index is -0.0462. The van der Waals surface area contributed by atoms with Crippen LogP contribution in [-0.2, 0) is 9.47 Å². The molecule has 0 radical (unpaired) electrons. The van der Waals surface area contributed by atoms with Crippen LogP contribution in [0.4, 0.5) is 0 Å². The summed E-state index contributed by atoms with van der Waals surface area (Å²) in [5.41, 5.74) is 6.09. The Hall–Kier alpha value is -0.160.